The fourth-order valence-corrected chi connectivity index (χ4v) is 3.45. The molecule has 0 N–H and O–H groups in total. The van der Waals surface area contributed by atoms with Crippen LogP contribution in [0, 0.1) is 15.9 Å². The van der Waals surface area contributed by atoms with Gasteiger partial charge in [-0.25, -0.2) is 9.37 Å². The van der Waals surface area contributed by atoms with E-state index in [9.17, 15) is 19.3 Å². The Bertz CT molecular complexity index is 1130. The number of thiazole rings is 1. The monoisotopic (exact) mass is 387 g/mol. The van der Waals surface area contributed by atoms with Crippen LogP contribution in [0.25, 0.3) is 10.2 Å². The van der Waals surface area contributed by atoms with Gasteiger partial charge >= 0.3 is 5.88 Å². The quantitative estimate of drug-likeness (QED) is 0.372. The lowest BCUT2D eigenvalue weighted by atomic mass is 10.3. The van der Waals surface area contributed by atoms with Crippen molar-refractivity contribution in [2.24, 2.45) is 0 Å². The summed E-state index contributed by atoms with van der Waals surface area (Å²) in [7, 11) is 0. The number of halogens is 1. The van der Waals surface area contributed by atoms with E-state index in [0.29, 0.717) is 16.0 Å². The van der Waals surface area contributed by atoms with Crippen molar-refractivity contribution in [3.8, 4) is 0 Å². The molecule has 10 heteroatoms. The van der Waals surface area contributed by atoms with E-state index in [1.807, 2.05) is 0 Å². The van der Waals surface area contributed by atoms with Crippen LogP contribution in [0.2, 0.25) is 0 Å². The second-order valence-corrected chi connectivity index (χ2v) is 6.48. The lowest BCUT2D eigenvalue weighted by Crippen LogP contribution is -2.29. The van der Waals surface area contributed by atoms with Crippen LogP contribution in [0.1, 0.15) is 16.3 Å². The van der Waals surface area contributed by atoms with Gasteiger partial charge < -0.3 is 8.83 Å². The van der Waals surface area contributed by atoms with E-state index in [4.69, 9.17) is 8.83 Å². The maximum Gasteiger partial charge on any atom is 0.433 e. The molecule has 0 aliphatic carbocycles. The first-order valence-corrected chi connectivity index (χ1v) is 8.47. The van der Waals surface area contributed by atoms with Gasteiger partial charge in [0.1, 0.15) is 16.5 Å². The molecular formula is C17H10FN3O5S. The summed E-state index contributed by atoms with van der Waals surface area (Å²) in [6, 6.07) is 9.79. The molecule has 0 radical (unpaired) electrons. The van der Waals surface area contributed by atoms with Gasteiger partial charge in [0.05, 0.1) is 29.1 Å². The predicted octanol–water partition coefficient (Wildman–Crippen LogP) is 4.38. The maximum atomic E-state index is 13.5. The molecule has 0 aliphatic rings. The fourth-order valence-electron chi connectivity index (χ4n) is 2.46. The molecule has 0 saturated carbocycles. The van der Waals surface area contributed by atoms with Crippen molar-refractivity contribution in [2.75, 3.05) is 4.90 Å². The Balaban J connectivity index is 1.75. The minimum absolute atomic E-state index is 0.0304. The van der Waals surface area contributed by atoms with Crippen molar-refractivity contribution >= 4 is 38.5 Å². The number of carbonyl (C=O) groups excluding carboxylic acids is 1. The number of anilines is 1. The number of furan rings is 2. The number of fused-ring (bicyclic) bond motifs is 1. The van der Waals surface area contributed by atoms with E-state index < -0.39 is 22.5 Å². The smallest absolute Gasteiger partial charge is 0.433 e. The van der Waals surface area contributed by atoms with Crippen LogP contribution in [0.3, 0.4) is 0 Å². The van der Waals surface area contributed by atoms with Crippen LogP contribution < -0.4 is 4.90 Å². The van der Waals surface area contributed by atoms with E-state index in [1.54, 1.807) is 12.1 Å². The molecule has 136 valence electrons. The van der Waals surface area contributed by atoms with Crippen molar-refractivity contribution in [2.45, 2.75) is 6.54 Å². The minimum atomic E-state index is -0.728. The molecule has 0 spiro atoms. The van der Waals surface area contributed by atoms with E-state index >= 15 is 0 Å². The Hall–Kier alpha value is -3.53. The zero-order valence-electron chi connectivity index (χ0n) is 13.5. The molecule has 0 atom stereocenters. The molecule has 1 amide bonds. The first-order chi connectivity index (χ1) is 13.0. The van der Waals surface area contributed by atoms with E-state index in [1.165, 1.54) is 35.4 Å². The van der Waals surface area contributed by atoms with E-state index in [0.717, 1.165) is 17.4 Å². The molecular weight excluding hydrogens is 377 g/mol. The Kier molecular flexibility index (Phi) is 4.16. The standard InChI is InChI=1S/C17H10FN3O5S/c18-10-3-4-12-14(8-10)27-17(19-12)20(9-11-2-1-7-25-11)16(22)13-5-6-15(26-13)21(23)24/h1-8H,9H2. The van der Waals surface area contributed by atoms with Gasteiger partial charge in [0.25, 0.3) is 5.91 Å². The molecule has 0 unspecified atom stereocenters. The molecule has 0 bridgehead atoms. The fraction of sp³-hybridized carbons (Fsp3) is 0.0588. The third-order valence-electron chi connectivity index (χ3n) is 3.69. The van der Waals surface area contributed by atoms with Crippen molar-refractivity contribution in [1.29, 1.82) is 0 Å². The van der Waals surface area contributed by atoms with Crippen molar-refractivity contribution < 1.29 is 22.9 Å². The van der Waals surface area contributed by atoms with Crippen LogP contribution in [-0.4, -0.2) is 15.8 Å². The number of hydrogen-bond acceptors (Lipinski definition) is 7. The average molecular weight is 387 g/mol. The zero-order valence-corrected chi connectivity index (χ0v) is 14.3. The van der Waals surface area contributed by atoms with Gasteiger partial charge in [0.2, 0.25) is 0 Å². The van der Waals surface area contributed by atoms with Crippen LogP contribution in [0.15, 0.2) is 57.6 Å². The molecule has 3 aromatic heterocycles. The summed E-state index contributed by atoms with van der Waals surface area (Å²) in [6.45, 7) is 0.0304. The molecule has 8 nitrogen and oxygen atoms in total. The van der Waals surface area contributed by atoms with Gasteiger partial charge in [-0.05, 0) is 36.4 Å². The lowest BCUT2D eigenvalue weighted by Gasteiger charge is -2.17. The summed E-state index contributed by atoms with van der Waals surface area (Å²) in [5, 5.41) is 11.1. The molecule has 0 fully saturated rings. The van der Waals surface area contributed by atoms with Crippen LogP contribution in [-0.2, 0) is 6.54 Å². The summed E-state index contributed by atoms with van der Waals surface area (Å²) < 4.78 is 24.3. The van der Waals surface area contributed by atoms with Gasteiger partial charge in [-0.3, -0.25) is 19.8 Å². The molecule has 4 aromatic rings. The second kappa shape index (κ2) is 6.65. The van der Waals surface area contributed by atoms with Crippen LogP contribution >= 0.6 is 11.3 Å². The largest absolute Gasteiger partial charge is 0.467 e. The SMILES string of the molecule is O=C(c1ccc([N+](=O)[O-])o1)N(Cc1ccco1)c1nc2ccc(F)cc2s1. The number of nitro groups is 1. The van der Waals surface area contributed by atoms with E-state index in [-0.39, 0.29) is 17.4 Å². The Labute approximate surface area is 154 Å². The van der Waals surface area contributed by atoms with Crippen molar-refractivity contribution in [1.82, 2.24) is 4.98 Å². The molecule has 0 saturated heterocycles. The Morgan fingerprint density at radius 1 is 1.30 bits per heavy atom. The highest BCUT2D eigenvalue weighted by atomic mass is 32.1. The Morgan fingerprint density at radius 2 is 2.15 bits per heavy atom. The number of benzene rings is 1. The number of nitrogens with zero attached hydrogens (tertiary/aromatic N) is 3. The third-order valence-corrected chi connectivity index (χ3v) is 4.73. The van der Waals surface area contributed by atoms with Crippen molar-refractivity contribution in [3.63, 3.8) is 0 Å². The van der Waals surface area contributed by atoms with Crippen molar-refractivity contribution in [3.05, 3.63) is 76.2 Å². The summed E-state index contributed by atoms with van der Waals surface area (Å²) in [5.74, 6) is -1.31. The predicted molar refractivity (Wildman–Crippen MR) is 94.2 cm³/mol. The third kappa shape index (κ3) is 3.29. The number of hydrogen-bond donors (Lipinski definition) is 0. The van der Waals surface area contributed by atoms with E-state index in [2.05, 4.69) is 4.98 Å². The molecule has 27 heavy (non-hydrogen) atoms. The molecule has 3 heterocycles. The van der Waals surface area contributed by atoms with Crippen LogP contribution in [0.4, 0.5) is 15.4 Å². The highest BCUT2D eigenvalue weighted by molar-refractivity contribution is 7.22. The highest BCUT2D eigenvalue weighted by Gasteiger charge is 2.27. The number of amides is 1. The van der Waals surface area contributed by atoms with Crippen LogP contribution in [0.5, 0.6) is 0 Å². The zero-order chi connectivity index (χ0) is 19.0. The van der Waals surface area contributed by atoms with Gasteiger partial charge in [-0.2, -0.15) is 0 Å². The summed E-state index contributed by atoms with van der Waals surface area (Å²) in [5.41, 5.74) is 0.527. The lowest BCUT2D eigenvalue weighted by molar-refractivity contribution is -0.402. The summed E-state index contributed by atoms with van der Waals surface area (Å²) in [6.07, 6.45) is 1.46. The minimum Gasteiger partial charge on any atom is -0.467 e. The van der Waals surface area contributed by atoms with Gasteiger partial charge in [-0.15, -0.1) is 0 Å². The average Bonchev–Trinajstić information content (AvgIpc) is 3.37. The summed E-state index contributed by atoms with van der Waals surface area (Å²) >= 11 is 1.11. The first kappa shape index (κ1) is 16.9. The number of rotatable bonds is 5. The first-order valence-electron chi connectivity index (χ1n) is 7.66. The molecule has 1 aromatic carbocycles. The normalized spacial score (nSPS) is 11.0. The van der Waals surface area contributed by atoms with Gasteiger partial charge in [0.15, 0.2) is 10.9 Å². The van der Waals surface area contributed by atoms with Gasteiger partial charge in [-0.1, -0.05) is 11.3 Å². The molecule has 0 aliphatic heterocycles. The highest BCUT2D eigenvalue weighted by Crippen LogP contribution is 2.32. The van der Waals surface area contributed by atoms with Gasteiger partial charge in [0, 0.05) is 0 Å². The number of carbonyl (C=O) groups is 1. The Morgan fingerprint density at radius 3 is 2.85 bits per heavy atom. The molecule has 4 rings (SSSR count). The maximum absolute atomic E-state index is 13.5. The summed E-state index contributed by atoms with van der Waals surface area (Å²) in [4.78, 5) is 28.6. The second-order valence-electron chi connectivity index (χ2n) is 5.47. The number of aromatic nitrogens is 1. The topological polar surface area (TPSA) is 103 Å².